The molecule has 0 saturated carbocycles. The Hall–Kier alpha value is -0.790. The van der Waals surface area contributed by atoms with Crippen LogP contribution in [0.4, 0.5) is 0 Å². The fourth-order valence-corrected chi connectivity index (χ4v) is 3.83. The highest BCUT2D eigenvalue weighted by Crippen LogP contribution is 2.14. The SMILES string of the molecule is CCCCCC/C=C\CCCCCCCCCCCC(=O)N1CCCC1. The predicted octanol–water partition coefficient (Wildman–Crippen LogP) is 7.43. The van der Waals surface area contributed by atoms with Crippen molar-refractivity contribution in [3.8, 4) is 0 Å². The molecule has 0 aromatic rings. The molecule has 0 bridgehead atoms. The molecule has 0 atom stereocenters. The average molecular weight is 364 g/mol. The van der Waals surface area contributed by atoms with E-state index in [1.807, 2.05) is 0 Å². The van der Waals surface area contributed by atoms with Crippen molar-refractivity contribution >= 4 is 5.91 Å². The molecular weight excluding hydrogens is 318 g/mol. The van der Waals surface area contributed by atoms with Crippen molar-refractivity contribution in [3.63, 3.8) is 0 Å². The molecule has 26 heavy (non-hydrogen) atoms. The van der Waals surface area contributed by atoms with Gasteiger partial charge in [0.25, 0.3) is 0 Å². The molecule has 0 aromatic heterocycles. The van der Waals surface area contributed by atoms with Gasteiger partial charge in [-0.25, -0.2) is 0 Å². The van der Waals surface area contributed by atoms with Crippen molar-refractivity contribution in [1.82, 2.24) is 4.90 Å². The Morgan fingerprint density at radius 2 is 1.15 bits per heavy atom. The Bertz CT molecular complexity index is 344. The van der Waals surface area contributed by atoms with Gasteiger partial charge in [-0.2, -0.15) is 0 Å². The van der Waals surface area contributed by atoms with Crippen molar-refractivity contribution < 1.29 is 4.79 Å². The third kappa shape index (κ3) is 13.4. The van der Waals surface area contributed by atoms with Crippen LogP contribution in [-0.4, -0.2) is 23.9 Å². The Kier molecular flexibility index (Phi) is 15.8. The molecule has 0 spiro atoms. The number of likely N-dealkylation sites (tertiary alicyclic amines) is 1. The minimum atomic E-state index is 0.400. The largest absolute Gasteiger partial charge is 0.343 e. The summed E-state index contributed by atoms with van der Waals surface area (Å²) in [5, 5.41) is 0. The second-order valence-electron chi connectivity index (χ2n) is 8.13. The normalized spacial score (nSPS) is 14.6. The minimum Gasteiger partial charge on any atom is -0.343 e. The first-order valence-corrected chi connectivity index (χ1v) is 11.8. The molecule has 1 heterocycles. The van der Waals surface area contributed by atoms with Crippen LogP contribution in [0.3, 0.4) is 0 Å². The van der Waals surface area contributed by atoms with Crippen molar-refractivity contribution in [2.45, 2.75) is 122 Å². The molecule has 1 fully saturated rings. The third-order valence-electron chi connectivity index (χ3n) is 5.61. The summed E-state index contributed by atoms with van der Waals surface area (Å²) in [6.45, 7) is 4.29. The first kappa shape index (κ1) is 23.2. The van der Waals surface area contributed by atoms with E-state index < -0.39 is 0 Å². The standard InChI is InChI=1S/C24H45NO/c1-2-3-4-5-6-7-8-9-10-11-12-13-14-15-16-17-18-21-24(26)25-22-19-20-23-25/h7-8H,2-6,9-23H2,1H3/b8-7-. The maximum absolute atomic E-state index is 11.9. The molecule has 1 aliphatic heterocycles. The van der Waals surface area contributed by atoms with Crippen LogP contribution < -0.4 is 0 Å². The lowest BCUT2D eigenvalue weighted by molar-refractivity contribution is -0.130. The molecule has 0 aliphatic carbocycles. The smallest absolute Gasteiger partial charge is 0.222 e. The van der Waals surface area contributed by atoms with Crippen LogP contribution in [0.5, 0.6) is 0 Å². The Labute approximate surface area is 163 Å². The molecular formula is C24H45NO. The summed E-state index contributed by atoms with van der Waals surface area (Å²) in [5.41, 5.74) is 0. The number of carbonyl (C=O) groups excluding carboxylic acids is 1. The highest BCUT2D eigenvalue weighted by Gasteiger charge is 2.16. The third-order valence-corrected chi connectivity index (χ3v) is 5.61. The predicted molar refractivity (Wildman–Crippen MR) is 115 cm³/mol. The van der Waals surface area contributed by atoms with Gasteiger partial charge in [0.2, 0.25) is 5.91 Å². The molecule has 0 aromatic carbocycles. The zero-order chi connectivity index (χ0) is 18.7. The summed E-state index contributed by atoms with van der Waals surface area (Å²) in [7, 11) is 0. The first-order chi connectivity index (χ1) is 12.8. The summed E-state index contributed by atoms with van der Waals surface area (Å²) in [5.74, 6) is 0.400. The van der Waals surface area contributed by atoms with Gasteiger partial charge in [0.1, 0.15) is 0 Å². The lowest BCUT2D eigenvalue weighted by Crippen LogP contribution is -2.27. The number of hydrogen-bond donors (Lipinski definition) is 0. The molecule has 1 amide bonds. The second-order valence-corrected chi connectivity index (χ2v) is 8.13. The average Bonchev–Trinajstić information content (AvgIpc) is 3.19. The number of amides is 1. The quantitative estimate of drug-likeness (QED) is 0.194. The summed E-state index contributed by atoms with van der Waals surface area (Å²) in [6.07, 6.45) is 28.0. The van der Waals surface area contributed by atoms with E-state index in [1.165, 1.54) is 103 Å². The van der Waals surface area contributed by atoms with Gasteiger partial charge in [0, 0.05) is 19.5 Å². The number of rotatable bonds is 17. The minimum absolute atomic E-state index is 0.400. The molecule has 2 nitrogen and oxygen atoms in total. The highest BCUT2D eigenvalue weighted by molar-refractivity contribution is 5.76. The topological polar surface area (TPSA) is 20.3 Å². The Balaban J connectivity index is 1.73. The van der Waals surface area contributed by atoms with Crippen LogP contribution in [0.2, 0.25) is 0 Å². The van der Waals surface area contributed by atoms with Crippen LogP contribution in [0.25, 0.3) is 0 Å². The molecule has 0 radical (unpaired) electrons. The van der Waals surface area contributed by atoms with Crippen LogP contribution in [-0.2, 0) is 4.79 Å². The monoisotopic (exact) mass is 363 g/mol. The van der Waals surface area contributed by atoms with Gasteiger partial charge in [-0.1, -0.05) is 83.3 Å². The van der Waals surface area contributed by atoms with E-state index in [-0.39, 0.29) is 0 Å². The van der Waals surface area contributed by atoms with Crippen LogP contribution >= 0.6 is 0 Å². The zero-order valence-corrected chi connectivity index (χ0v) is 17.7. The van der Waals surface area contributed by atoms with Gasteiger partial charge in [-0.05, 0) is 44.9 Å². The maximum Gasteiger partial charge on any atom is 0.222 e. The van der Waals surface area contributed by atoms with Gasteiger partial charge in [-0.15, -0.1) is 0 Å². The van der Waals surface area contributed by atoms with Crippen molar-refractivity contribution in [3.05, 3.63) is 12.2 Å². The number of carbonyl (C=O) groups is 1. The van der Waals surface area contributed by atoms with E-state index in [9.17, 15) is 4.79 Å². The molecule has 0 unspecified atom stereocenters. The summed E-state index contributed by atoms with van der Waals surface area (Å²) in [4.78, 5) is 14.0. The summed E-state index contributed by atoms with van der Waals surface area (Å²) < 4.78 is 0. The molecule has 1 aliphatic rings. The van der Waals surface area contributed by atoms with Gasteiger partial charge in [-0.3, -0.25) is 4.79 Å². The van der Waals surface area contributed by atoms with E-state index >= 15 is 0 Å². The maximum atomic E-state index is 11.9. The van der Waals surface area contributed by atoms with Crippen molar-refractivity contribution in [2.24, 2.45) is 0 Å². The van der Waals surface area contributed by atoms with Crippen LogP contribution in [0.1, 0.15) is 122 Å². The fourth-order valence-electron chi connectivity index (χ4n) is 3.83. The number of hydrogen-bond acceptors (Lipinski definition) is 1. The summed E-state index contributed by atoms with van der Waals surface area (Å²) >= 11 is 0. The highest BCUT2D eigenvalue weighted by atomic mass is 16.2. The lowest BCUT2D eigenvalue weighted by atomic mass is 10.1. The Morgan fingerprint density at radius 3 is 1.69 bits per heavy atom. The number of unbranched alkanes of at least 4 members (excludes halogenated alkanes) is 13. The lowest BCUT2D eigenvalue weighted by Gasteiger charge is -2.14. The van der Waals surface area contributed by atoms with Crippen molar-refractivity contribution in [1.29, 1.82) is 0 Å². The molecule has 1 rings (SSSR count). The van der Waals surface area contributed by atoms with E-state index in [2.05, 4.69) is 24.0 Å². The van der Waals surface area contributed by atoms with Gasteiger partial charge < -0.3 is 4.90 Å². The van der Waals surface area contributed by atoms with Crippen molar-refractivity contribution in [2.75, 3.05) is 13.1 Å². The fraction of sp³-hybridized carbons (Fsp3) is 0.875. The molecule has 2 heteroatoms. The van der Waals surface area contributed by atoms with E-state index in [0.717, 1.165) is 25.9 Å². The van der Waals surface area contributed by atoms with E-state index in [4.69, 9.17) is 0 Å². The van der Waals surface area contributed by atoms with E-state index in [0.29, 0.717) is 5.91 Å². The summed E-state index contributed by atoms with van der Waals surface area (Å²) in [6, 6.07) is 0. The van der Waals surface area contributed by atoms with Gasteiger partial charge in [0.15, 0.2) is 0 Å². The Morgan fingerprint density at radius 1 is 0.692 bits per heavy atom. The molecule has 0 N–H and O–H groups in total. The molecule has 1 saturated heterocycles. The molecule has 152 valence electrons. The second kappa shape index (κ2) is 17.6. The zero-order valence-electron chi connectivity index (χ0n) is 17.7. The van der Waals surface area contributed by atoms with Gasteiger partial charge >= 0.3 is 0 Å². The van der Waals surface area contributed by atoms with Crippen LogP contribution in [0.15, 0.2) is 12.2 Å². The first-order valence-electron chi connectivity index (χ1n) is 11.8. The number of nitrogens with zero attached hydrogens (tertiary/aromatic N) is 1. The van der Waals surface area contributed by atoms with Crippen LogP contribution in [0, 0.1) is 0 Å². The number of allylic oxidation sites excluding steroid dienone is 2. The van der Waals surface area contributed by atoms with Gasteiger partial charge in [0.05, 0.1) is 0 Å². The van der Waals surface area contributed by atoms with E-state index in [1.54, 1.807) is 0 Å².